The number of benzene rings is 1. The van der Waals surface area contributed by atoms with Crippen LogP contribution in [0.5, 0.6) is 5.75 Å². The van der Waals surface area contributed by atoms with Crippen LogP contribution in [-0.4, -0.2) is 20.2 Å². The Morgan fingerprint density at radius 3 is 3.00 bits per heavy atom. The molecule has 2 aromatic rings. The third kappa shape index (κ3) is 2.13. The Balaban J connectivity index is 1.69. The minimum atomic E-state index is 0.368. The Kier molecular flexibility index (Phi) is 2.51. The minimum Gasteiger partial charge on any atom is -0.485 e. The van der Waals surface area contributed by atoms with Crippen LogP contribution in [0.4, 0.5) is 0 Å². The second-order valence-electron chi connectivity index (χ2n) is 4.27. The van der Waals surface area contributed by atoms with Crippen molar-refractivity contribution in [3.05, 3.63) is 35.2 Å². The third-order valence-electron chi connectivity index (χ3n) is 2.99. The van der Waals surface area contributed by atoms with E-state index in [1.165, 1.54) is 28.8 Å². The minimum absolute atomic E-state index is 0.368. The van der Waals surface area contributed by atoms with Crippen molar-refractivity contribution in [1.29, 1.82) is 0 Å². The van der Waals surface area contributed by atoms with Gasteiger partial charge in [-0.15, -0.1) is 10.2 Å². The number of ether oxygens (including phenoxy) is 1. The second kappa shape index (κ2) is 4.16. The summed E-state index contributed by atoms with van der Waals surface area (Å²) in [4.78, 5) is 1.43. The zero-order chi connectivity index (χ0) is 11.7. The van der Waals surface area contributed by atoms with Gasteiger partial charge in [-0.3, -0.25) is 0 Å². The van der Waals surface area contributed by atoms with Crippen molar-refractivity contribution in [2.75, 3.05) is 0 Å². The van der Waals surface area contributed by atoms with Gasteiger partial charge in [-0.2, -0.15) is 4.80 Å². The van der Waals surface area contributed by atoms with Crippen molar-refractivity contribution in [1.82, 2.24) is 20.2 Å². The molecule has 5 heteroatoms. The summed E-state index contributed by atoms with van der Waals surface area (Å²) in [7, 11) is 1.74. The molecule has 0 saturated carbocycles. The molecule has 17 heavy (non-hydrogen) atoms. The SMILES string of the molecule is Cn1nnc(COc2ccc3c(c2)CCC3)n1. The smallest absolute Gasteiger partial charge is 0.212 e. The van der Waals surface area contributed by atoms with Gasteiger partial charge >= 0.3 is 0 Å². The van der Waals surface area contributed by atoms with Gasteiger partial charge in [0, 0.05) is 0 Å². The van der Waals surface area contributed by atoms with E-state index in [4.69, 9.17) is 4.74 Å². The quantitative estimate of drug-likeness (QED) is 0.797. The van der Waals surface area contributed by atoms with E-state index in [2.05, 4.69) is 27.5 Å². The molecular formula is C12H14N4O. The third-order valence-corrected chi connectivity index (χ3v) is 2.99. The van der Waals surface area contributed by atoms with E-state index >= 15 is 0 Å². The Hall–Kier alpha value is -1.91. The predicted molar refractivity (Wildman–Crippen MR) is 61.6 cm³/mol. The molecule has 0 radical (unpaired) electrons. The van der Waals surface area contributed by atoms with E-state index in [0.29, 0.717) is 12.4 Å². The van der Waals surface area contributed by atoms with Crippen LogP contribution in [-0.2, 0) is 26.5 Å². The Morgan fingerprint density at radius 2 is 2.18 bits per heavy atom. The first kappa shape index (κ1) is 10.3. The van der Waals surface area contributed by atoms with Crippen LogP contribution in [0, 0.1) is 0 Å². The van der Waals surface area contributed by atoms with Gasteiger partial charge in [0.15, 0.2) is 6.61 Å². The van der Waals surface area contributed by atoms with Crippen LogP contribution in [0.1, 0.15) is 23.4 Å². The average Bonchev–Trinajstić information content (AvgIpc) is 2.94. The van der Waals surface area contributed by atoms with E-state index < -0.39 is 0 Å². The lowest BCUT2D eigenvalue weighted by molar-refractivity contribution is 0.295. The maximum atomic E-state index is 5.65. The molecule has 0 aliphatic heterocycles. The fourth-order valence-corrected chi connectivity index (χ4v) is 2.17. The summed E-state index contributed by atoms with van der Waals surface area (Å²) in [6, 6.07) is 6.29. The molecule has 1 aliphatic carbocycles. The number of aryl methyl sites for hydroxylation is 3. The molecule has 0 spiro atoms. The summed E-state index contributed by atoms with van der Waals surface area (Å²) in [5.74, 6) is 1.49. The lowest BCUT2D eigenvalue weighted by atomic mass is 10.1. The van der Waals surface area contributed by atoms with Gasteiger partial charge in [0.1, 0.15) is 5.75 Å². The Bertz CT molecular complexity index is 535. The average molecular weight is 230 g/mol. The van der Waals surface area contributed by atoms with Crippen LogP contribution in [0.2, 0.25) is 0 Å². The number of hydrogen-bond acceptors (Lipinski definition) is 4. The van der Waals surface area contributed by atoms with Crippen molar-refractivity contribution < 1.29 is 4.74 Å². The van der Waals surface area contributed by atoms with Crippen LogP contribution >= 0.6 is 0 Å². The number of fused-ring (bicyclic) bond motifs is 1. The van der Waals surface area contributed by atoms with Crippen molar-refractivity contribution in [3.63, 3.8) is 0 Å². The molecular weight excluding hydrogens is 216 g/mol. The zero-order valence-electron chi connectivity index (χ0n) is 9.76. The monoisotopic (exact) mass is 230 g/mol. The molecule has 1 aromatic heterocycles. The van der Waals surface area contributed by atoms with Crippen molar-refractivity contribution >= 4 is 0 Å². The molecule has 0 saturated heterocycles. The maximum absolute atomic E-state index is 5.65. The molecule has 0 amide bonds. The Morgan fingerprint density at radius 1 is 1.29 bits per heavy atom. The van der Waals surface area contributed by atoms with Crippen molar-refractivity contribution in [2.24, 2.45) is 7.05 Å². The highest BCUT2D eigenvalue weighted by molar-refractivity contribution is 5.38. The molecule has 5 nitrogen and oxygen atoms in total. The summed E-state index contributed by atoms with van der Waals surface area (Å²) < 4.78 is 5.65. The fourth-order valence-electron chi connectivity index (χ4n) is 2.17. The number of aromatic nitrogens is 4. The molecule has 0 unspecified atom stereocenters. The van der Waals surface area contributed by atoms with Gasteiger partial charge in [0.25, 0.3) is 0 Å². The topological polar surface area (TPSA) is 52.8 Å². The summed E-state index contributed by atoms with van der Waals surface area (Å²) in [5.41, 5.74) is 2.87. The normalized spacial score (nSPS) is 13.7. The number of rotatable bonds is 3. The van der Waals surface area contributed by atoms with E-state index in [9.17, 15) is 0 Å². The second-order valence-corrected chi connectivity index (χ2v) is 4.27. The molecule has 1 aliphatic rings. The highest BCUT2D eigenvalue weighted by Gasteiger charge is 2.11. The van der Waals surface area contributed by atoms with Gasteiger partial charge in [0.05, 0.1) is 7.05 Å². The van der Waals surface area contributed by atoms with Gasteiger partial charge in [0.2, 0.25) is 5.82 Å². The molecule has 0 bridgehead atoms. The fraction of sp³-hybridized carbons (Fsp3) is 0.417. The van der Waals surface area contributed by atoms with Gasteiger partial charge in [-0.05, 0) is 47.7 Å². The van der Waals surface area contributed by atoms with Crippen LogP contribution in [0.3, 0.4) is 0 Å². The first-order valence-electron chi connectivity index (χ1n) is 5.79. The number of tetrazole rings is 1. The summed E-state index contributed by atoms with van der Waals surface area (Å²) in [6.45, 7) is 0.368. The Labute approximate surface area is 99.4 Å². The number of hydrogen-bond donors (Lipinski definition) is 0. The van der Waals surface area contributed by atoms with E-state index in [1.807, 2.05) is 6.07 Å². The first-order chi connectivity index (χ1) is 8.31. The number of nitrogens with zero attached hydrogens (tertiary/aromatic N) is 4. The van der Waals surface area contributed by atoms with Crippen LogP contribution in [0.25, 0.3) is 0 Å². The molecule has 1 heterocycles. The highest BCUT2D eigenvalue weighted by Crippen LogP contribution is 2.26. The first-order valence-corrected chi connectivity index (χ1v) is 5.79. The maximum Gasteiger partial charge on any atom is 0.212 e. The van der Waals surface area contributed by atoms with Crippen molar-refractivity contribution in [3.8, 4) is 5.75 Å². The summed E-state index contributed by atoms with van der Waals surface area (Å²) >= 11 is 0. The zero-order valence-corrected chi connectivity index (χ0v) is 9.76. The van der Waals surface area contributed by atoms with Crippen LogP contribution in [0.15, 0.2) is 18.2 Å². The molecule has 0 N–H and O–H groups in total. The van der Waals surface area contributed by atoms with Crippen molar-refractivity contribution in [2.45, 2.75) is 25.9 Å². The van der Waals surface area contributed by atoms with Gasteiger partial charge in [-0.1, -0.05) is 6.07 Å². The van der Waals surface area contributed by atoms with Crippen LogP contribution < -0.4 is 4.74 Å². The molecule has 0 fully saturated rings. The summed E-state index contributed by atoms with van der Waals surface area (Å²) in [5, 5.41) is 11.7. The molecule has 1 aromatic carbocycles. The summed E-state index contributed by atoms with van der Waals surface area (Å²) in [6.07, 6.45) is 3.61. The standard InChI is InChI=1S/C12H14N4O/c1-16-14-12(13-15-16)8-17-11-6-5-9-3-2-4-10(9)7-11/h5-7H,2-4,8H2,1H3. The lowest BCUT2D eigenvalue weighted by Gasteiger charge is -2.05. The molecule has 88 valence electrons. The molecule has 0 atom stereocenters. The highest BCUT2D eigenvalue weighted by atomic mass is 16.5. The predicted octanol–water partition coefficient (Wildman–Crippen LogP) is 1.28. The van der Waals surface area contributed by atoms with Gasteiger partial charge in [-0.25, -0.2) is 0 Å². The lowest BCUT2D eigenvalue weighted by Crippen LogP contribution is -1.99. The molecule has 3 rings (SSSR count). The largest absolute Gasteiger partial charge is 0.485 e. The van der Waals surface area contributed by atoms with E-state index in [0.717, 1.165) is 12.2 Å². The van der Waals surface area contributed by atoms with Gasteiger partial charge < -0.3 is 4.74 Å². The van der Waals surface area contributed by atoms with E-state index in [-0.39, 0.29) is 0 Å². The van der Waals surface area contributed by atoms with E-state index in [1.54, 1.807) is 7.05 Å².